The van der Waals surface area contributed by atoms with Crippen molar-refractivity contribution in [3.8, 4) is 0 Å². The lowest BCUT2D eigenvalue weighted by Gasteiger charge is -2.06. The molecule has 0 radical (unpaired) electrons. The molecule has 2 N–H and O–H groups in total. The van der Waals surface area contributed by atoms with Gasteiger partial charge in [0.1, 0.15) is 0 Å². The second-order valence-electron chi connectivity index (χ2n) is 4.94. The van der Waals surface area contributed by atoms with E-state index < -0.39 is 5.97 Å². The van der Waals surface area contributed by atoms with Crippen LogP contribution in [0.5, 0.6) is 0 Å². The minimum Gasteiger partial charge on any atom is -0.481 e. The molecule has 4 nitrogen and oxygen atoms in total. The van der Waals surface area contributed by atoms with Gasteiger partial charge in [-0.25, -0.2) is 0 Å². The molecule has 0 saturated heterocycles. The average Bonchev–Trinajstić information content (AvgIpc) is 2.46. The number of amides is 1. The van der Waals surface area contributed by atoms with Gasteiger partial charge in [-0.2, -0.15) is 0 Å². The van der Waals surface area contributed by atoms with Crippen LogP contribution >= 0.6 is 0 Å². The lowest BCUT2D eigenvalue weighted by atomic mass is 10.1. The maximum absolute atomic E-state index is 12.0. The number of aliphatic carboxylic acids is 1. The minimum atomic E-state index is -0.851. The predicted octanol–water partition coefficient (Wildman–Crippen LogP) is 2.55. The van der Waals surface area contributed by atoms with E-state index in [-0.39, 0.29) is 12.3 Å². The topological polar surface area (TPSA) is 66.4 Å². The van der Waals surface area contributed by atoms with Gasteiger partial charge in [-0.15, -0.1) is 0 Å². The van der Waals surface area contributed by atoms with Crippen LogP contribution in [0.4, 0.5) is 0 Å². The highest BCUT2D eigenvalue weighted by molar-refractivity contribution is 5.94. The molecule has 0 aromatic heterocycles. The normalized spacial score (nSPS) is 10.1. The summed E-state index contributed by atoms with van der Waals surface area (Å²) in [5.74, 6) is -0.972. The SMILES string of the molecule is Cc1ccc(C(=O)NCc2ccc(CC(=O)O)cc2)cc1. The first kappa shape index (κ1) is 14.8. The smallest absolute Gasteiger partial charge is 0.307 e. The van der Waals surface area contributed by atoms with Crippen molar-refractivity contribution in [3.05, 3.63) is 70.8 Å². The average molecular weight is 283 g/mol. The Bertz CT molecular complexity index is 630. The van der Waals surface area contributed by atoms with Gasteiger partial charge in [-0.05, 0) is 30.2 Å². The van der Waals surface area contributed by atoms with Crippen LogP contribution in [0.2, 0.25) is 0 Å². The number of hydrogen-bond acceptors (Lipinski definition) is 2. The molecular formula is C17H17NO3. The number of nitrogens with one attached hydrogen (secondary N) is 1. The number of benzene rings is 2. The number of carboxylic acid groups (broad SMARTS) is 1. The Labute approximate surface area is 123 Å². The number of carbonyl (C=O) groups excluding carboxylic acids is 1. The molecule has 21 heavy (non-hydrogen) atoms. The van der Waals surface area contributed by atoms with E-state index in [9.17, 15) is 9.59 Å². The summed E-state index contributed by atoms with van der Waals surface area (Å²) in [5, 5.41) is 11.5. The Morgan fingerprint density at radius 3 is 2.10 bits per heavy atom. The quantitative estimate of drug-likeness (QED) is 0.886. The molecule has 4 heteroatoms. The molecule has 0 aliphatic heterocycles. The lowest BCUT2D eigenvalue weighted by Crippen LogP contribution is -2.22. The first-order valence-corrected chi connectivity index (χ1v) is 6.69. The van der Waals surface area contributed by atoms with Gasteiger partial charge in [0.2, 0.25) is 0 Å². The van der Waals surface area contributed by atoms with Crippen molar-refractivity contribution in [1.82, 2.24) is 5.32 Å². The van der Waals surface area contributed by atoms with Gasteiger partial charge in [0, 0.05) is 12.1 Å². The second-order valence-corrected chi connectivity index (χ2v) is 4.94. The molecule has 2 aromatic carbocycles. The Morgan fingerprint density at radius 1 is 0.952 bits per heavy atom. The van der Waals surface area contributed by atoms with Gasteiger partial charge in [0.15, 0.2) is 0 Å². The van der Waals surface area contributed by atoms with Crippen molar-refractivity contribution in [2.45, 2.75) is 19.9 Å². The van der Waals surface area contributed by atoms with Crippen molar-refractivity contribution in [3.63, 3.8) is 0 Å². The monoisotopic (exact) mass is 283 g/mol. The zero-order chi connectivity index (χ0) is 15.2. The summed E-state index contributed by atoms with van der Waals surface area (Å²) in [6.45, 7) is 2.39. The standard InChI is InChI=1S/C17H17NO3/c1-12-2-8-15(9-3-12)17(21)18-11-14-6-4-13(5-7-14)10-16(19)20/h2-9H,10-11H2,1H3,(H,18,21)(H,19,20). The van der Waals surface area contributed by atoms with Crippen molar-refractivity contribution < 1.29 is 14.7 Å². The highest BCUT2D eigenvalue weighted by Gasteiger charge is 2.05. The third-order valence-electron chi connectivity index (χ3n) is 3.15. The summed E-state index contributed by atoms with van der Waals surface area (Å²) in [6.07, 6.45) is 0.00993. The Balaban J connectivity index is 1.92. The van der Waals surface area contributed by atoms with Crippen molar-refractivity contribution >= 4 is 11.9 Å². The van der Waals surface area contributed by atoms with Crippen LogP contribution in [0.25, 0.3) is 0 Å². The van der Waals surface area contributed by atoms with Crippen LogP contribution in [-0.2, 0) is 17.8 Å². The molecule has 0 aliphatic carbocycles. The molecule has 2 aromatic rings. The Morgan fingerprint density at radius 2 is 1.52 bits per heavy atom. The zero-order valence-corrected chi connectivity index (χ0v) is 11.8. The van der Waals surface area contributed by atoms with Gasteiger partial charge in [0.05, 0.1) is 6.42 Å². The summed E-state index contributed by atoms with van der Waals surface area (Å²) < 4.78 is 0. The Hall–Kier alpha value is -2.62. The van der Waals surface area contributed by atoms with Gasteiger partial charge < -0.3 is 10.4 Å². The lowest BCUT2D eigenvalue weighted by molar-refractivity contribution is -0.136. The molecule has 108 valence electrons. The fraction of sp³-hybridized carbons (Fsp3) is 0.176. The van der Waals surface area contributed by atoms with E-state index in [0.717, 1.165) is 16.7 Å². The van der Waals surface area contributed by atoms with Crippen LogP contribution in [0, 0.1) is 6.92 Å². The largest absolute Gasteiger partial charge is 0.481 e. The van der Waals surface area contributed by atoms with Gasteiger partial charge >= 0.3 is 5.97 Å². The molecular weight excluding hydrogens is 266 g/mol. The van der Waals surface area contributed by atoms with Crippen LogP contribution in [0.1, 0.15) is 27.0 Å². The maximum atomic E-state index is 12.0. The first-order chi connectivity index (χ1) is 10.0. The fourth-order valence-corrected chi connectivity index (χ4v) is 1.94. The van der Waals surface area contributed by atoms with Gasteiger partial charge in [0.25, 0.3) is 5.91 Å². The molecule has 0 unspecified atom stereocenters. The molecule has 0 aliphatic rings. The van der Waals surface area contributed by atoms with Crippen molar-refractivity contribution in [2.24, 2.45) is 0 Å². The molecule has 0 atom stereocenters. The number of rotatable bonds is 5. The summed E-state index contributed by atoms with van der Waals surface area (Å²) in [6, 6.07) is 14.6. The summed E-state index contributed by atoms with van der Waals surface area (Å²) >= 11 is 0. The van der Waals surface area contributed by atoms with E-state index in [1.807, 2.05) is 31.2 Å². The maximum Gasteiger partial charge on any atom is 0.307 e. The summed E-state index contributed by atoms with van der Waals surface area (Å²) in [7, 11) is 0. The second kappa shape index (κ2) is 6.70. The van der Waals surface area contributed by atoms with Crippen LogP contribution in [0.3, 0.4) is 0 Å². The van der Waals surface area contributed by atoms with Crippen LogP contribution < -0.4 is 5.32 Å². The molecule has 0 fully saturated rings. The summed E-state index contributed by atoms with van der Waals surface area (Å²) in [4.78, 5) is 22.5. The van der Waals surface area contributed by atoms with E-state index in [2.05, 4.69) is 5.32 Å². The summed E-state index contributed by atoms with van der Waals surface area (Å²) in [5.41, 5.74) is 3.42. The predicted molar refractivity (Wildman–Crippen MR) is 80.1 cm³/mol. The van der Waals surface area contributed by atoms with E-state index >= 15 is 0 Å². The van der Waals surface area contributed by atoms with E-state index in [1.165, 1.54) is 0 Å². The third-order valence-corrected chi connectivity index (χ3v) is 3.15. The zero-order valence-electron chi connectivity index (χ0n) is 11.8. The van der Waals surface area contributed by atoms with E-state index in [1.54, 1.807) is 24.3 Å². The first-order valence-electron chi connectivity index (χ1n) is 6.69. The number of carboxylic acids is 1. The highest BCUT2D eigenvalue weighted by atomic mass is 16.4. The van der Waals surface area contributed by atoms with Crippen LogP contribution in [-0.4, -0.2) is 17.0 Å². The van der Waals surface area contributed by atoms with Crippen molar-refractivity contribution in [1.29, 1.82) is 0 Å². The third kappa shape index (κ3) is 4.45. The minimum absolute atomic E-state index is 0.00993. The molecule has 0 saturated carbocycles. The molecule has 0 bridgehead atoms. The number of aryl methyl sites for hydroxylation is 1. The number of hydrogen-bond donors (Lipinski definition) is 2. The fourth-order valence-electron chi connectivity index (χ4n) is 1.94. The van der Waals surface area contributed by atoms with Gasteiger partial charge in [-0.1, -0.05) is 42.0 Å². The van der Waals surface area contributed by atoms with E-state index in [4.69, 9.17) is 5.11 Å². The molecule has 1 amide bonds. The van der Waals surface area contributed by atoms with Gasteiger partial charge in [-0.3, -0.25) is 9.59 Å². The van der Waals surface area contributed by atoms with Crippen LogP contribution in [0.15, 0.2) is 48.5 Å². The molecule has 0 heterocycles. The number of carbonyl (C=O) groups is 2. The highest BCUT2D eigenvalue weighted by Crippen LogP contribution is 2.07. The molecule has 0 spiro atoms. The Kier molecular flexibility index (Phi) is 4.72. The van der Waals surface area contributed by atoms with Crippen molar-refractivity contribution in [2.75, 3.05) is 0 Å². The van der Waals surface area contributed by atoms with E-state index in [0.29, 0.717) is 12.1 Å². The molecule has 2 rings (SSSR count).